The molecular formula is C11H14ClNO4. The van der Waals surface area contributed by atoms with Crippen LogP contribution in [0.1, 0.15) is 37.0 Å². The van der Waals surface area contributed by atoms with Crippen LogP contribution in [-0.4, -0.2) is 22.5 Å². The van der Waals surface area contributed by atoms with Gasteiger partial charge in [0, 0.05) is 12.0 Å². The molecule has 6 heteroatoms. The van der Waals surface area contributed by atoms with Gasteiger partial charge in [-0.05, 0) is 37.9 Å². The molecule has 0 atom stereocenters. The fraction of sp³-hybridized carbons (Fsp3) is 0.455. The minimum Gasteiger partial charge on any atom is -0.481 e. The molecule has 5 nitrogen and oxygen atoms in total. The van der Waals surface area contributed by atoms with Crippen LogP contribution in [0.3, 0.4) is 0 Å². The third-order valence-electron chi connectivity index (χ3n) is 2.28. The van der Waals surface area contributed by atoms with Crippen LogP contribution in [0, 0.1) is 0 Å². The first-order chi connectivity index (χ1) is 7.82. The number of nitrogens with one attached hydrogen (secondary N) is 1. The Balaban J connectivity index is 2.61. The Hall–Kier alpha value is -1.49. The van der Waals surface area contributed by atoms with E-state index in [0.717, 1.165) is 0 Å². The quantitative estimate of drug-likeness (QED) is 0.850. The summed E-state index contributed by atoms with van der Waals surface area (Å²) in [5.41, 5.74) is -0.370. The van der Waals surface area contributed by atoms with Crippen molar-refractivity contribution in [2.75, 3.05) is 0 Å². The number of aliphatic carboxylic acids is 1. The molecular weight excluding hydrogens is 246 g/mol. The highest BCUT2D eigenvalue weighted by Crippen LogP contribution is 2.18. The minimum atomic E-state index is -0.895. The molecule has 94 valence electrons. The molecule has 1 aromatic heterocycles. The Labute approximate surface area is 104 Å². The molecule has 0 fully saturated rings. The van der Waals surface area contributed by atoms with Gasteiger partial charge in [-0.25, -0.2) is 0 Å². The number of hydrogen-bond acceptors (Lipinski definition) is 3. The second kappa shape index (κ2) is 5.23. The van der Waals surface area contributed by atoms with Gasteiger partial charge in [0.2, 0.25) is 5.22 Å². The van der Waals surface area contributed by atoms with Gasteiger partial charge in [0.15, 0.2) is 0 Å². The molecule has 0 radical (unpaired) electrons. The molecule has 17 heavy (non-hydrogen) atoms. The van der Waals surface area contributed by atoms with Gasteiger partial charge in [-0.15, -0.1) is 0 Å². The van der Waals surface area contributed by atoms with E-state index in [1.807, 2.05) is 0 Å². The Morgan fingerprint density at radius 3 is 2.65 bits per heavy atom. The summed E-state index contributed by atoms with van der Waals surface area (Å²) < 4.78 is 4.81. The first kappa shape index (κ1) is 13.6. The van der Waals surface area contributed by atoms with Crippen molar-refractivity contribution in [3.63, 3.8) is 0 Å². The second-order valence-electron chi connectivity index (χ2n) is 4.34. The second-order valence-corrected chi connectivity index (χ2v) is 4.68. The monoisotopic (exact) mass is 259 g/mol. The fourth-order valence-electron chi connectivity index (χ4n) is 1.31. The van der Waals surface area contributed by atoms with Crippen molar-refractivity contribution in [1.82, 2.24) is 5.32 Å². The third kappa shape index (κ3) is 4.11. The average molecular weight is 260 g/mol. The number of carbonyl (C=O) groups excluding carboxylic acids is 1. The van der Waals surface area contributed by atoms with E-state index in [4.69, 9.17) is 21.1 Å². The average Bonchev–Trinajstić information content (AvgIpc) is 2.61. The predicted octanol–water partition coefficient (Wildman–Crippen LogP) is 2.31. The molecule has 0 unspecified atom stereocenters. The number of rotatable bonds is 5. The van der Waals surface area contributed by atoms with E-state index in [-0.39, 0.29) is 23.1 Å². The largest absolute Gasteiger partial charge is 0.481 e. The van der Waals surface area contributed by atoms with E-state index >= 15 is 0 Å². The highest BCUT2D eigenvalue weighted by Gasteiger charge is 2.24. The van der Waals surface area contributed by atoms with Crippen LogP contribution >= 0.6 is 11.6 Å². The molecule has 1 aromatic rings. The first-order valence-corrected chi connectivity index (χ1v) is 5.47. The Bertz CT molecular complexity index is 425. The van der Waals surface area contributed by atoms with Gasteiger partial charge in [-0.3, -0.25) is 9.59 Å². The van der Waals surface area contributed by atoms with Crippen LogP contribution in [0.5, 0.6) is 0 Å². The van der Waals surface area contributed by atoms with E-state index < -0.39 is 11.5 Å². The summed E-state index contributed by atoms with van der Waals surface area (Å²) in [6.07, 6.45) is 1.65. The maximum absolute atomic E-state index is 11.8. The SMILES string of the molecule is CC(C)(CCC(=O)O)NC(=O)c1ccoc1Cl. The van der Waals surface area contributed by atoms with Gasteiger partial charge >= 0.3 is 5.97 Å². The lowest BCUT2D eigenvalue weighted by Crippen LogP contribution is -2.43. The topological polar surface area (TPSA) is 79.5 Å². The van der Waals surface area contributed by atoms with Crippen molar-refractivity contribution < 1.29 is 19.1 Å². The molecule has 0 bridgehead atoms. The van der Waals surface area contributed by atoms with Crippen molar-refractivity contribution in [3.05, 3.63) is 23.1 Å². The van der Waals surface area contributed by atoms with Crippen molar-refractivity contribution >= 4 is 23.5 Å². The van der Waals surface area contributed by atoms with Crippen LogP contribution < -0.4 is 5.32 Å². The minimum absolute atomic E-state index is 0.00754. The van der Waals surface area contributed by atoms with Gasteiger partial charge in [-0.2, -0.15) is 0 Å². The maximum Gasteiger partial charge on any atom is 0.303 e. The summed E-state index contributed by atoms with van der Waals surface area (Å²) in [5, 5.41) is 11.3. The lowest BCUT2D eigenvalue weighted by molar-refractivity contribution is -0.137. The molecule has 1 rings (SSSR count). The summed E-state index contributed by atoms with van der Waals surface area (Å²) in [6, 6.07) is 1.46. The van der Waals surface area contributed by atoms with Crippen LogP contribution in [0.25, 0.3) is 0 Å². The lowest BCUT2D eigenvalue weighted by Gasteiger charge is -2.25. The third-order valence-corrected chi connectivity index (χ3v) is 2.57. The van der Waals surface area contributed by atoms with E-state index in [1.54, 1.807) is 13.8 Å². The van der Waals surface area contributed by atoms with E-state index in [1.165, 1.54) is 12.3 Å². The normalized spacial score (nSPS) is 11.2. The number of hydrogen-bond donors (Lipinski definition) is 2. The zero-order chi connectivity index (χ0) is 13.1. The molecule has 1 heterocycles. The number of carbonyl (C=O) groups is 2. The molecule has 0 aromatic carbocycles. The Kier molecular flexibility index (Phi) is 4.17. The van der Waals surface area contributed by atoms with Crippen LogP contribution in [-0.2, 0) is 4.79 Å². The molecule has 0 spiro atoms. The zero-order valence-electron chi connectivity index (χ0n) is 9.62. The standard InChI is InChI=1S/C11H14ClNO4/c1-11(2,5-3-8(14)15)13-10(16)7-4-6-17-9(7)12/h4,6H,3,5H2,1-2H3,(H,13,16)(H,14,15). The summed E-state index contributed by atoms with van der Waals surface area (Å²) in [4.78, 5) is 22.2. The van der Waals surface area contributed by atoms with E-state index in [2.05, 4.69) is 5.32 Å². The van der Waals surface area contributed by atoms with E-state index in [0.29, 0.717) is 6.42 Å². The number of halogens is 1. The van der Waals surface area contributed by atoms with Crippen molar-refractivity contribution in [2.24, 2.45) is 0 Å². The number of amides is 1. The van der Waals surface area contributed by atoms with Crippen LogP contribution in [0.4, 0.5) is 0 Å². The van der Waals surface area contributed by atoms with E-state index in [9.17, 15) is 9.59 Å². The first-order valence-electron chi connectivity index (χ1n) is 5.09. The van der Waals surface area contributed by atoms with Crippen molar-refractivity contribution in [3.8, 4) is 0 Å². The summed E-state index contributed by atoms with van der Waals surface area (Å²) in [5.74, 6) is -1.27. The summed E-state index contributed by atoms with van der Waals surface area (Å²) >= 11 is 5.67. The Morgan fingerprint density at radius 1 is 1.53 bits per heavy atom. The van der Waals surface area contributed by atoms with Crippen LogP contribution in [0.2, 0.25) is 5.22 Å². The van der Waals surface area contributed by atoms with Crippen LogP contribution in [0.15, 0.2) is 16.7 Å². The molecule has 0 aliphatic carbocycles. The summed E-state index contributed by atoms with van der Waals surface area (Å²) in [6.45, 7) is 3.50. The highest BCUT2D eigenvalue weighted by atomic mass is 35.5. The number of carboxylic acid groups (broad SMARTS) is 1. The molecule has 0 saturated heterocycles. The maximum atomic E-state index is 11.8. The van der Waals surface area contributed by atoms with Crippen molar-refractivity contribution in [1.29, 1.82) is 0 Å². The molecule has 0 aliphatic heterocycles. The lowest BCUT2D eigenvalue weighted by atomic mass is 9.98. The smallest absolute Gasteiger partial charge is 0.303 e. The molecule has 0 saturated carbocycles. The Morgan fingerprint density at radius 2 is 2.18 bits per heavy atom. The van der Waals surface area contributed by atoms with Crippen molar-refractivity contribution in [2.45, 2.75) is 32.2 Å². The number of carboxylic acids is 1. The molecule has 0 aliphatic rings. The zero-order valence-corrected chi connectivity index (χ0v) is 10.4. The van der Waals surface area contributed by atoms with Gasteiger partial charge in [-0.1, -0.05) is 0 Å². The van der Waals surface area contributed by atoms with Gasteiger partial charge in [0.25, 0.3) is 5.91 Å². The van der Waals surface area contributed by atoms with Gasteiger partial charge < -0.3 is 14.8 Å². The number of furan rings is 1. The molecule has 1 amide bonds. The molecule has 2 N–H and O–H groups in total. The summed E-state index contributed by atoms with van der Waals surface area (Å²) in [7, 11) is 0. The highest BCUT2D eigenvalue weighted by molar-refractivity contribution is 6.32. The van der Waals surface area contributed by atoms with Gasteiger partial charge in [0.1, 0.15) is 0 Å². The predicted molar refractivity (Wildman–Crippen MR) is 62.1 cm³/mol. The fourth-order valence-corrected chi connectivity index (χ4v) is 1.51. The van der Waals surface area contributed by atoms with Gasteiger partial charge in [0.05, 0.1) is 11.8 Å².